The van der Waals surface area contributed by atoms with E-state index in [1.54, 1.807) is 4.90 Å². The summed E-state index contributed by atoms with van der Waals surface area (Å²) in [4.78, 5) is 26.6. The summed E-state index contributed by atoms with van der Waals surface area (Å²) >= 11 is 3.39. The molecule has 0 aromatic heterocycles. The van der Waals surface area contributed by atoms with Gasteiger partial charge in [-0.3, -0.25) is 9.59 Å². The Hall–Kier alpha value is -2.14. The summed E-state index contributed by atoms with van der Waals surface area (Å²) in [5.74, 6) is -0.440. The van der Waals surface area contributed by atoms with Gasteiger partial charge >= 0.3 is 0 Å². The maximum atomic E-state index is 12.5. The van der Waals surface area contributed by atoms with Gasteiger partial charge in [0.1, 0.15) is 0 Å². The van der Waals surface area contributed by atoms with Crippen molar-refractivity contribution in [3.63, 3.8) is 0 Å². The first-order valence-corrected chi connectivity index (χ1v) is 8.82. The number of nitrogens with one attached hydrogen (secondary N) is 1. The molecule has 4 nitrogen and oxygen atoms in total. The van der Waals surface area contributed by atoms with Gasteiger partial charge in [-0.2, -0.15) is 0 Å². The molecule has 0 radical (unpaired) electrons. The molecule has 24 heavy (non-hydrogen) atoms. The Bertz CT molecular complexity index is 775. The Labute approximate surface area is 150 Å². The topological polar surface area (TPSA) is 49.4 Å². The molecule has 0 aliphatic carbocycles. The zero-order valence-corrected chi connectivity index (χ0v) is 15.0. The molecule has 2 aromatic rings. The summed E-state index contributed by atoms with van der Waals surface area (Å²) in [5.41, 5.74) is 2.77. The predicted octanol–water partition coefficient (Wildman–Crippen LogP) is 4.00. The van der Waals surface area contributed by atoms with Crippen LogP contribution in [-0.4, -0.2) is 18.4 Å². The van der Waals surface area contributed by atoms with Crippen molar-refractivity contribution in [1.82, 2.24) is 0 Å². The molecular formula is C19H19BrN2O2. The van der Waals surface area contributed by atoms with E-state index in [-0.39, 0.29) is 24.2 Å². The van der Waals surface area contributed by atoms with E-state index in [0.29, 0.717) is 6.54 Å². The van der Waals surface area contributed by atoms with Crippen molar-refractivity contribution >= 4 is 39.1 Å². The van der Waals surface area contributed by atoms with Crippen molar-refractivity contribution in [2.75, 3.05) is 16.8 Å². The number of carbonyl (C=O) groups excluding carboxylic acids is 2. The Balaban J connectivity index is 1.73. The third-order valence-corrected chi connectivity index (χ3v) is 4.74. The molecule has 2 amide bonds. The van der Waals surface area contributed by atoms with Gasteiger partial charge in [0.25, 0.3) is 0 Å². The van der Waals surface area contributed by atoms with Crippen LogP contribution in [0.4, 0.5) is 11.4 Å². The highest BCUT2D eigenvalue weighted by Crippen LogP contribution is 2.29. The lowest BCUT2D eigenvalue weighted by molar-refractivity contribution is -0.122. The first kappa shape index (κ1) is 16.7. The number of amides is 2. The highest BCUT2D eigenvalue weighted by Gasteiger charge is 2.35. The van der Waals surface area contributed by atoms with E-state index in [0.717, 1.165) is 27.8 Å². The fraction of sp³-hybridized carbons (Fsp3) is 0.263. The number of carbonyl (C=O) groups is 2. The smallest absolute Gasteiger partial charge is 0.229 e. The molecule has 1 heterocycles. The first-order chi connectivity index (χ1) is 11.6. The second kappa shape index (κ2) is 7.18. The minimum atomic E-state index is -0.332. The third kappa shape index (κ3) is 3.51. The Morgan fingerprint density at radius 2 is 2.04 bits per heavy atom. The third-order valence-electron chi connectivity index (χ3n) is 4.25. The van der Waals surface area contributed by atoms with Crippen LogP contribution in [0, 0.1) is 5.92 Å². The molecule has 0 saturated carbocycles. The molecule has 0 bridgehead atoms. The lowest BCUT2D eigenvalue weighted by Crippen LogP contribution is -2.28. The van der Waals surface area contributed by atoms with Crippen LogP contribution in [0.5, 0.6) is 0 Å². The second-order valence-electron chi connectivity index (χ2n) is 5.89. The molecular weight excluding hydrogens is 368 g/mol. The van der Waals surface area contributed by atoms with Gasteiger partial charge < -0.3 is 10.2 Å². The highest BCUT2D eigenvalue weighted by molar-refractivity contribution is 9.10. The number of rotatable bonds is 4. The van der Waals surface area contributed by atoms with E-state index in [1.807, 2.05) is 48.5 Å². The summed E-state index contributed by atoms with van der Waals surface area (Å²) in [6.45, 7) is 2.49. The van der Waals surface area contributed by atoms with Crippen LogP contribution in [0.25, 0.3) is 0 Å². The van der Waals surface area contributed by atoms with E-state index in [9.17, 15) is 9.59 Å². The van der Waals surface area contributed by atoms with Crippen LogP contribution >= 0.6 is 15.9 Å². The minimum absolute atomic E-state index is 0.00490. The van der Waals surface area contributed by atoms with Crippen LogP contribution in [0.15, 0.2) is 53.0 Å². The van der Waals surface area contributed by atoms with E-state index < -0.39 is 0 Å². The van der Waals surface area contributed by atoms with Gasteiger partial charge in [-0.15, -0.1) is 0 Å². The predicted molar refractivity (Wildman–Crippen MR) is 99.1 cm³/mol. The van der Waals surface area contributed by atoms with Crippen LogP contribution < -0.4 is 10.2 Å². The SMILES string of the molecule is CCc1ccccc1N1CC(C(=O)Nc2cccc(Br)c2)CC1=O. The molecule has 1 atom stereocenters. The maximum Gasteiger partial charge on any atom is 0.229 e. The van der Waals surface area contributed by atoms with Gasteiger partial charge in [-0.25, -0.2) is 0 Å². The van der Waals surface area contributed by atoms with E-state index in [2.05, 4.69) is 28.2 Å². The van der Waals surface area contributed by atoms with Gasteiger partial charge in [0.15, 0.2) is 0 Å². The monoisotopic (exact) mass is 386 g/mol. The molecule has 1 saturated heterocycles. The number of nitrogens with zero attached hydrogens (tertiary/aromatic N) is 1. The van der Waals surface area contributed by atoms with Crippen LogP contribution in [0.3, 0.4) is 0 Å². The van der Waals surface area contributed by atoms with Gasteiger partial charge in [-0.05, 0) is 36.2 Å². The standard InChI is InChI=1S/C19H19BrN2O2/c1-2-13-6-3-4-9-17(13)22-12-14(10-18(22)23)19(24)21-16-8-5-7-15(20)11-16/h3-9,11,14H,2,10,12H2,1H3,(H,21,24). The first-order valence-electron chi connectivity index (χ1n) is 8.03. The van der Waals surface area contributed by atoms with Crippen LogP contribution in [0.1, 0.15) is 18.9 Å². The number of para-hydroxylation sites is 1. The summed E-state index contributed by atoms with van der Waals surface area (Å²) < 4.78 is 0.904. The van der Waals surface area contributed by atoms with Crippen LogP contribution in [-0.2, 0) is 16.0 Å². The van der Waals surface area contributed by atoms with Gasteiger partial charge in [0.2, 0.25) is 11.8 Å². The van der Waals surface area contributed by atoms with E-state index >= 15 is 0 Å². The Morgan fingerprint density at radius 3 is 2.79 bits per heavy atom. The zero-order chi connectivity index (χ0) is 17.1. The van der Waals surface area contributed by atoms with Crippen molar-refractivity contribution in [3.8, 4) is 0 Å². The molecule has 5 heteroatoms. The second-order valence-corrected chi connectivity index (χ2v) is 6.80. The van der Waals surface area contributed by atoms with Gasteiger partial charge in [-0.1, -0.05) is 47.1 Å². The maximum absolute atomic E-state index is 12.5. The molecule has 0 spiro atoms. The number of benzene rings is 2. The van der Waals surface area contributed by atoms with Crippen LogP contribution in [0.2, 0.25) is 0 Å². The molecule has 1 aliphatic rings. The fourth-order valence-electron chi connectivity index (χ4n) is 3.00. The van der Waals surface area contributed by atoms with Crippen molar-refractivity contribution in [1.29, 1.82) is 0 Å². The Kier molecular flexibility index (Phi) is 5.00. The quantitative estimate of drug-likeness (QED) is 0.862. The van der Waals surface area contributed by atoms with Gasteiger partial charge in [0.05, 0.1) is 5.92 Å². The number of aryl methyl sites for hydroxylation is 1. The average Bonchev–Trinajstić information content (AvgIpc) is 2.96. The van der Waals surface area contributed by atoms with Gasteiger partial charge in [0, 0.05) is 28.8 Å². The largest absolute Gasteiger partial charge is 0.326 e. The molecule has 1 N–H and O–H groups in total. The summed E-state index contributed by atoms with van der Waals surface area (Å²) in [6.07, 6.45) is 1.10. The molecule has 3 rings (SSSR count). The van der Waals surface area contributed by atoms with Crippen molar-refractivity contribution in [2.24, 2.45) is 5.92 Å². The summed E-state index contributed by atoms with van der Waals surface area (Å²) in [7, 11) is 0. The Morgan fingerprint density at radius 1 is 1.25 bits per heavy atom. The molecule has 1 aliphatic heterocycles. The summed E-state index contributed by atoms with van der Waals surface area (Å²) in [5, 5.41) is 2.90. The summed E-state index contributed by atoms with van der Waals surface area (Å²) in [6, 6.07) is 15.3. The van der Waals surface area contributed by atoms with Crippen molar-refractivity contribution < 1.29 is 9.59 Å². The number of hydrogen-bond donors (Lipinski definition) is 1. The highest BCUT2D eigenvalue weighted by atomic mass is 79.9. The minimum Gasteiger partial charge on any atom is -0.326 e. The molecule has 1 unspecified atom stereocenters. The molecule has 1 fully saturated rings. The lowest BCUT2D eigenvalue weighted by Gasteiger charge is -2.20. The zero-order valence-electron chi connectivity index (χ0n) is 13.5. The number of halogens is 1. The fourth-order valence-corrected chi connectivity index (χ4v) is 3.40. The lowest BCUT2D eigenvalue weighted by atomic mass is 10.1. The normalized spacial score (nSPS) is 17.2. The number of hydrogen-bond acceptors (Lipinski definition) is 2. The molecule has 2 aromatic carbocycles. The van der Waals surface area contributed by atoms with Crippen molar-refractivity contribution in [2.45, 2.75) is 19.8 Å². The van der Waals surface area contributed by atoms with E-state index in [1.165, 1.54) is 0 Å². The molecule has 124 valence electrons. The van der Waals surface area contributed by atoms with E-state index in [4.69, 9.17) is 0 Å². The van der Waals surface area contributed by atoms with Crippen molar-refractivity contribution in [3.05, 3.63) is 58.6 Å². The number of anilines is 2. The average molecular weight is 387 g/mol.